The van der Waals surface area contributed by atoms with Crippen LogP contribution in [0.15, 0.2) is 24.4 Å². The summed E-state index contributed by atoms with van der Waals surface area (Å²) >= 11 is 0. The van der Waals surface area contributed by atoms with Gasteiger partial charge in [-0.1, -0.05) is 0 Å². The zero-order valence-corrected chi connectivity index (χ0v) is 10.6. The fraction of sp³-hybridized carbons (Fsp3) is 0.308. The van der Waals surface area contributed by atoms with Crippen LogP contribution in [0.3, 0.4) is 0 Å². The normalized spacial score (nSPS) is 11.1. The number of pyridine rings is 1. The lowest BCUT2D eigenvalue weighted by Crippen LogP contribution is -2.21. The summed E-state index contributed by atoms with van der Waals surface area (Å²) in [5, 5.41) is 4.73. The van der Waals surface area contributed by atoms with Crippen molar-refractivity contribution in [2.75, 3.05) is 38.2 Å². The second kappa shape index (κ2) is 5.18. The highest BCUT2D eigenvalue weighted by Crippen LogP contribution is 2.26. The van der Waals surface area contributed by atoms with Crippen molar-refractivity contribution >= 4 is 22.3 Å². The van der Waals surface area contributed by atoms with E-state index in [9.17, 15) is 4.39 Å². The number of benzene rings is 1. The van der Waals surface area contributed by atoms with Gasteiger partial charge in [0, 0.05) is 35.7 Å². The van der Waals surface area contributed by atoms with E-state index < -0.39 is 0 Å². The van der Waals surface area contributed by atoms with E-state index in [1.165, 1.54) is 12.1 Å². The van der Waals surface area contributed by atoms with Gasteiger partial charge in [0.25, 0.3) is 0 Å². The molecular weight excluding hydrogens is 231 g/mol. The standard InChI is InChI=1S/C13H17FN4/c1-18(2)6-5-17-13-11-7-9(14)8-12(15)10(11)3-4-16-13/h3-4,7-8H,5-6,15H2,1-2H3,(H,16,17). The Balaban J connectivity index is 2.33. The molecule has 18 heavy (non-hydrogen) atoms. The van der Waals surface area contributed by atoms with E-state index in [4.69, 9.17) is 5.73 Å². The van der Waals surface area contributed by atoms with Gasteiger partial charge in [-0.05, 0) is 32.3 Å². The van der Waals surface area contributed by atoms with Crippen molar-refractivity contribution in [3.05, 3.63) is 30.2 Å². The second-order valence-corrected chi connectivity index (χ2v) is 4.48. The number of anilines is 2. The summed E-state index contributed by atoms with van der Waals surface area (Å²) in [5.74, 6) is 0.323. The first-order valence-electron chi connectivity index (χ1n) is 5.80. The first-order chi connectivity index (χ1) is 8.58. The summed E-state index contributed by atoms with van der Waals surface area (Å²) < 4.78 is 13.4. The quantitative estimate of drug-likeness (QED) is 0.812. The van der Waals surface area contributed by atoms with Crippen LogP contribution in [0.2, 0.25) is 0 Å². The Morgan fingerprint density at radius 3 is 2.83 bits per heavy atom. The summed E-state index contributed by atoms with van der Waals surface area (Å²) in [5.41, 5.74) is 6.23. The van der Waals surface area contributed by atoms with Crippen LogP contribution in [-0.4, -0.2) is 37.1 Å². The maximum absolute atomic E-state index is 13.4. The zero-order chi connectivity index (χ0) is 13.1. The highest BCUT2D eigenvalue weighted by atomic mass is 19.1. The predicted molar refractivity (Wildman–Crippen MR) is 73.2 cm³/mol. The number of nitrogens with two attached hydrogens (primary N) is 1. The summed E-state index contributed by atoms with van der Waals surface area (Å²) in [6.07, 6.45) is 1.68. The fourth-order valence-corrected chi connectivity index (χ4v) is 1.82. The second-order valence-electron chi connectivity index (χ2n) is 4.48. The molecule has 2 rings (SSSR count). The van der Waals surface area contributed by atoms with Crippen molar-refractivity contribution in [3.8, 4) is 0 Å². The molecule has 3 N–H and O–H groups in total. The van der Waals surface area contributed by atoms with Crippen LogP contribution in [-0.2, 0) is 0 Å². The number of aromatic nitrogens is 1. The van der Waals surface area contributed by atoms with Crippen molar-refractivity contribution in [1.29, 1.82) is 0 Å². The highest BCUT2D eigenvalue weighted by Gasteiger charge is 2.06. The van der Waals surface area contributed by atoms with Gasteiger partial charge in [-0.15, -0.1) is 0 Å². The Bertz CT molecular complexity index is 554. The SMILES string of the molecule is CN(C)CCNc1nccc2c(N)cc(F)cc12. The van der Waals surface area contributed by atoms with Crippen molar-refractivity contribution in [2.45, 2.75) is 0 Å². The van der Waals surface area contributed by atoms with Gasteiger partial charge < -0.3 is 16.0 Å². The third-order valence-electron chi connectivity index (χ3n) is 2.73. The molecule has 0 saturated heterocycles. The minimum Gasteiger partial charge on any atom is -0.398 e. The summed E-state index contributed by atoms with van der Waals surface area (Å²) in [6.45, 7) is 1.62. The van der Waals surface area contributed by atoms with Crippen LogP contribution in [0.1, 0.15) is 0 Å². The minimum absolute atomic E-state index is 0.344. The van der Waals surface area contributed by atoms with Crippen LogP contribution in [0.4, 0.5) is 15.9 Å². The Morgan fingerprint density at radius 2 is 2.11 bits per heavy atom. The Labute approximate surface area is 106 Å². The van der Waals surface area contributed by atoms with Crippen molar-refractivity contribution in [1.82, 2.24) is 9.88 Å². The van der Waals surface area contributed by atoms with Gasteiger partial charge in [-0.25, -0.2) is 9.37 Å². The molecule has 0 aliphatic heterocycles. The molecule has 0 unspecified atom stereocenters. The van der Waals surface area contributed by atoms with E-state index in [1.807, 2.05) is 14.1 Å². The number of hydrogen-bond donors (Lipinski definition) is 2. The molecule has 5 heteroatoms. The monoisotopic (exact) mass is 248 g/mol. The Hall–Kier alpha value is -1.88. The largest absolute Gasteiger partial charge is 0.398 e. The number of nitrogens with zero attached hydrogens (tertiary/aromatic N) is 2. The summed E-state index contributed by atoms with van der Waals surface area (Å²) in [6, 6.07) is 4.57. The molecule has 2 aromatic rings. The van der Waals surface area contributed by atoms with Gasteiger partial charge >= 0.3 is 0 Å². The lowest BCUT2D eigenvalue weighted by Gasteiger charge is -2.13. The topological polar surface area (TPSA) is 54.2 Å². The van der Waals surface area contributed by atoms with Crippen LogP contribution >= 0.6 is 0 Å². The number of nitrogen functional groups attached to an aromatic ring is 1. The third-order valence-corrected chi connectivity index (χ3v) is 2.73. The molecular formula is C13H17FN4. The smallest absolute Gasteiger partial charge is 0.134 e. The Kier molecular flexibility index (Phi) is 3.62. The number of likely N-dealkylation sites (N-methyl/N-ethyl adjacent to an activating group) is 1. The van der Waals surface area contributed by atoms with Gasteiger partial charge in [-0.3, -0.25) is 0 Å². The first-order valence-corrected chi connectivity index (χ1v) is 5.80. The maximum atomic E-state index is 13.4. The van der Waals surface area contributed by atoms with Gasteiger partial charge in [0.15, 0.2) is 0 Å². The first kappa shape index (κ1) is 12.6. The molecule has 0 atom stereocenters. The molecule has 0 bridgehead atoms. The number of halogens is 1. The van der Waals surface area contributed by atoms with Crippen molar-refractivity contribution < 1.29 is 4.39 Å². The van der Waals surface area contributed by atoms with E-state index in [0.29, 0.717) is 16.9 Å². The minimum atomic E-state index is -0.344. The van der Waals surface area contributed by atoms with Crippen LogP contribution < -0.4 is 11.1 Å². The van der Waals surface area contributed by atoms with E-state index in [0.717, 1.165) is 18.5 Å². The molecule has 4 nitrogen and oxygen atoms in total. The molecule has 0 aliphatic rings. The molecule has 1 aromatic heterocycles. The molecule has 0 radical (unpaired) electrons. The van der Waals surface area contributed by atoms with Gasteiger partial charge in [0.05, 0.1) is 0 Å². The molecule has 0 saturated carbocycles. The molecule has 0 aliphatic carbocycles. The number of fused-ring (bicyclic) bond motifs is 1. The van der Waals surface area contributed by atoms with Gasteiger partial charge in [-0.2, -0.15) is 0 Å². The van der Waals surface area contributed by atoms with E-state index in [2.05, 4.69) is 15.2 Å². The van der Waals surface area contributed by atoms with E-state index in [-0.39, 0.29) is 5.82 Å². The molecule has 0 spiro atoms. The van der Waals surface area contributed by atoms with Gasteiger partial charge in [0.1, 0.15) is 11.6 Å². The van der Waals surface area contributed by atoms with Crippen molar-refractivity contribution in [2.24, 2.45) is 0 Å². The molecule has 0 fully saturated rings. The third kappa shape index (κ3) is 2.68. The molecule has 0 amide bonds. The van der Waals surface area contributed by atoms with Crippen LogP contribution in [0.5, 0.6) is 0 Å². The van der Waals surface area contributed by atoms with Crippen molar-refractivity contribution in [3.63, 3.8) is 0 Å². The Morgan fingerprint density at radius 1 is 1.33 bits per heavy atom. The van der Waals surface area contributed by atoms with Gasteiger partial charge in [0.2, 0.25) is 0 Å². The van der Waals surface area contributed by atoms with Crippen LogP contribution in [0.25, 0.3) is 10.8 Å². The number of rotatable bonds is 4. The maximum Gasteiger partial charge on any atom is 0.134 e. The van der Waals surface area contributed by atoms with E-state index in [1.54, 1.807) is 12.3 Å². The average molecular weight is 248 g/mol. The van der Waals surface area contributed by atoms with E-state index >= 15 is 0 Å². The lowest BCUT2D eigenvalue weighted by molar-refractivity contribution is 0.425. The molecule has 1 heterocycles. The fourth-order valence-electron chi connectivity index (χ4n) is 1.82. The summed E-state index contributed by atoms with van der Waals surface area (Å²) in [4.78, 5) is 6.30. The average Bonchev–Trinajstić information content (AvgIpc) is 2.29. The molecule has 1 aromatic carbocycles. The zero-order valence-electron chi connectivity index (χ0n) is 10.6. The molecule has 96 valence electrons. The van der Waals surface area contributed by atoms with Crippen LogP contribution in [0, 0.1) is 5.82 Å². The summed E-state index contributed by atoms with van der Waals surface area (Å²) in [7, 11) is 3.99. The number of hydrogen-bond acceptors (Lipinski definition) is 4. The highest BCUT2D eigenvalue weighted by molar-refractivity contribution is 5.99. The number of nitrogens with one attached hydrogen (secondary N) is 1. The predicted octanol–water partition coefficient (Wildman–Crippen LogP) is 1.93. The lowest BCUT2D eigenvalue weighted by atomic mass is 10.1.